The minimum atomic E-state index is -3.56. The van der Waals surface area contributed by atoms with Gasteiger partial charge in [-0.15, -0.1) is 0 Å². The van der Waals surface area contributed by atoms with Crippen molar-refractivity contribution in [3.63, 3.8) is 0 Å². The predicted molar refractivity (Wildman–Crippen MR) is 115 cm³/mol. The molecule has 1 atom stereocenters. The number of benzene rings is 1. The van der Waals surface area contributed by atoms with Crippen LogP contribution < -0.4 is 5.32 Å². The van der Waals surface area contributed by atoms with Gasteiger partial charge < -0.3 is 10.2 Å². The van der Waals surface area contributed by atoms with E-state index in [4.69, 9.17) is 0 Å². The summed E-state index contributed by atoms with van der Waals surface area (Å²) >= 11 is 0. The highest BCUT2D eigenvalue weighted by Crippen LogP contribution is 2.23. The molecule has 1 aromatic carbocycles. The Kier molecular flexibility index (Phi) is 7.18. The number of piperazine rings is 1. The molecule has 1 N–H and O–H groups in total. The van der Waals surface area contributed by atoms with Crippen LogP contribution in [0.25, 0.3) is 0 Å². The molecule has 0 aliphatic carbocycles. The van der Waals surface area contributed by atoms with Crippen LogP contribution in [0.15, 0.2) is 29.2 Å². The second-order valence-corrected chi connectivity index (χ2v) is 12.0. The molecule has 168 valence electrons. The molecule has 0 radical (unpaired) electrons. The van der Waals surface area contributed by atoms with Crippen molar-refractivity contribution in [1.29, 1.82) is 0 Å². The molecule has 0 spiro atoms. The van der Waals surface area contributed by atoms with Crippen molar-refractivity contribution in [3.8, 4) is 0 Å². The van der Waals surface area contributed by atoms with Gasteiger partial charge in [0.1, 0.15) is 0 Å². The van der Waals surface area contributed by atoms with Crippen LogP contribution in [0.2, 0.25) is 0 Å². The summed E-state index contributed by atoms with van der Waals surface area (Å²) in [5.41, 5.74) is 0.493. The highest BCUT2D eigenvalue weighted by molar-refractivity contribution is 7.89. The molecule has 9 nitrogen and oxygen atoms in total. The maximum absolute atomic E-state index is 12.8. The minimum Gasteiger partial charge on any atom is -0.326 e. The van der Waals surface area contributed by atoms with Gasteiger partial charge in [0.25, 0.3) is 0 Å². The molecule has 2 fully saturated rings. The maximum Gasteiger partial charge on any atom is 0.243 e. The van der Waals surface area contributed by atoms with Gasteiger partial charge in [0.15, 0.2) is 0 Å². The second kappa shape index (κ2) is 9.31. The van der Waals surface area contributed by atoms with Crippen molar-refractivity contribution in [3.05, 3.63) is 24.3 Å². The molecule has 0 bridgehead atoms. The number of piperidine rings is 1. The van der Waals surface area contributed by atoms with Gasteiger partial charge in [0, 0.05) is 45.0 Å². The van der Waals surface area contributed by atoms with Crippen LogP contribution in [0.5, 0.6) is 0 Å². The molecule has 1 aromatic rings. The summed E-state index contributed by atoms with van der Waals surface area (Å²) in [4.78, 5) is 14.9. The number of hydrogen-bond acceptors (Lipinski definition) is 6. The summed E-state index contributed by atoms with van der Waals surface area (Å²) in [5, 5.41) is 2.79. The number of anilines is 1. The third kappa shape index (κ3) is 5.20. The topological polar surface area (TPSA) is 107 Å². The summed E-state index contributed by atoms with van der Waals surface area (Å²) in [5.74, 6) is -0.653. The predicted octanol–water partition coefficient (Wildman–Crippen LogP) is 0.623. The quantitative estimate of drug-likeness (QED) is 0.670. The molecular formula is C19H30N4O5S2. The van der Waals surface area contributed by atoms with Crippen molar-refractivity contribution in [2.75, 3.05) is 57.4 Å². The smallest absolute Gasteiger partial charge is 0.243 e. The molecule has 30 heavy (non-hydrogen) atoms. The van der Waals surface area contributed by atoms with E-state index in [1.165, 1.54) is 20.7 Å². The van der Waals surface area contributed by atoms with Gasteiger partial charge in [-0.2, -0.15) is 4.31 Å². The number of likely N-dealkylation sites (N-methyl/N-ethyl adjacent to an activating group) is 1. The van der Waals surface area contributed by atoms with E-state index in [1.807, 2.05) is 7.05 Å². The largest absolute Gasteiger partial charge is 0.326 e. The van der Waals surface area contributed by atoms with E-state index in [9.17, 15) is 21.6 Å². The third-order valence-electron chi connectivity index (χ3n) is 5.73. The zero-order valence-corrected chi connectivity index (χ0v) is 19.1. The van der Waals surface area contributed by atoms with Crippen LogP contribution in [-0.2, 0) is 24.8 Å². The van der Waals surface area contributed by atoms with E-state index in [0.717, 1.165) is 0 Å². The van der Waals surface area contributed by atoms with E-state index in [-0.39, 0.29) is 23.1 Å². The Morgan fingerprint density at radius 2 is 1.63 bits per heavy atom. The fraction of sp³-hybridized carbons (Fsp3) is 0.632. The molecule has 2 heterocycles. The molecule has 2 saturated heterocycles. The zero-order chi connectivity index (χ0) is 21.9. The number of amides is 1. The molecule has 3 rings (SSSR count). The summed E-state index contributed by atoms with van der Waals surface area (Å²) < 4.78 is 52.6. The average molecular weight is 459 g/mol. The first-order valence-electron chi connectivity index (χ1n) is 10.2. The van der Waals surface area contributed by atoms with E-state index in [0.29, 0.717) is 51.3 Å². The number of carbonyl (C=O) groups is 1. The summed E-state index contributed by atoms with van der Waals surface area (Å²) in [6.07, 6.45) is 1.26. The van der Waals surface area contributed by atoms with Crippen LogP contribution in [-0.4, -0.2) is 88.3 Å². The molecule has 0 saturated carbocycles. The van der Waals surface area contributed by atoms with E-state index in [2.05, 4.69) is 10.2 Å². The average Bonchev–Trinajstić information content (AvgIpc) is 2.74. The minimum absolute atomic E-state index is 0.0184. The van der Waals surface area contributed by atoms with Crippen LogP contribution in [0.3, 0.4) is 0 Å². The normalized spacial score (nSPS) is 22.7. The lowest BCUT2D eigenvalue weighted by atomic mass is 9.99. The van der Waals surface area contributed by atoms with Crippen molar-refractivity contribution in [2.24, 2.45) is 5.92 Å². The SMILES string of the molecule is CCS(=O)(=O)N1CCCC(C(=O)Nc2ccc(S(=O)(=O)N3CCN(C)CC3)cc2)C1. The first kappa shape index (κ1) is 23.1. The van der Waals surface area contributed by atoms with E-state index in [1.54, 1.807) is 19.1 Å². The van der Waals surface area contributed by atoms with Gasteiger partial charge in [-0.1, -0.05) is 0 Å². The Balaban J connectivity index is 1.63. The van der Waals surface area contributed by atoms with Gasteiger partial charge in [0.05, 0.1) is 16.6 Å². The summed E-state index contributed by atoms with van der Waals surface area (Å²) in [6, 6.07) is 6.14. The number of nitrogens with zero attached hydrogens (tertiary/aromatic N) is 3. The second-order valence-electron chi connectivity index (χ2n) is 7.82. The Hall–Kier alpha value is -1.53. The fourth-order valence-corrected chi connectivity index (χ4v) is 6.33. The first-order chi connectivity index (χ1) is 14.1. The first-order valence-corrected chi connectivity index (χ1v) is 13.3. The monoisotopic (exact) mass is 458 g/mol. The van der Waals surface area contributed by atoms with Crippen molar-refractivity contribution in [1.82, 2.24) is 13.5 Å². The number of hydrogen-bond donors (Lipinski definition) is 1. The molecular weight excluding hydrogens is 428 g/mol. The Morgan fingerprint density at radius 1 is 1.00 bits per heavy atom. The fourth-order valence-electron chi connectivity index (χ4n) is 3.72. The standard InChI is InChI=1S/C19H30N4O5S2/c1-3-29(25,26)23-10-4-5-16(15-23)19(24)20-17-6-8-18(9-7-17)30(27,28)22-13-11-21(2)12-14-22/h6-9,16H,3-5,10-15H2,1-2H3,(H,20,24). The van der Waals surface area contributed by atoms with Crippen LogP contribution in [0.1, 0.15) is 19.8 Å². The van der Waals surface area contributed by atoms with Gasteiger partial charge in [-0.05, 0) is 51.1 Å². The molecule has 0 aromatic heterocycles. The molecule has 2 aliphatic heterocycles. The molecule has 1 unspecified atom stereocenters. The van der Waals surface area contributed by atoms with Gasteiger partial charge in [-0.3, -0.25) is 4.79 Å². The lowest BCUT2D eigenvalue weighted by Crippen LogP contribution is -2.47. The lowest BCUT2D eigenvalue weighted by molar-refractivity contribution is -0.120. The molecule has 2 aliphatic rings. The number of nitrogens with one attached hydrogen (secondary N) is 1. The molecule has 1 amide bonds. The number of rotatable bonds is 6. The van der Waals surface area contributed by atoms with Crippen LogP contribution in [0, 0.1) is 5.92 Å². The Labute approximate surface area is 179 Å². The Bertz CT molecular complexity index is 955. The number of sulfonamides is 2. The van der Waals surface area contributed by atoms with E-state index >= 15 is 0 Å². The highest BCUT2D eigenvalue weighted by Gasteiger charge is 2.32. The van der Waals surface area contributed by atoms with Crippen molar-refractivity contribution >= 4 is 31.6 Å². The zero-order valence-electron chi connectivity index (χ0n) is 17.5. The van der Waals surface area contributed by atoms with Crippen LogP contribution >= 0.6 is 0 Å². The third-order valence-corrected chi connectivity index (χ3v) is 9.50. The van der Waals surface area contributed by atoms with Gasteiger partial charge in [0.2, 0.25) is 26.0 Å². The van der Waals surface area contributed by atoms with Crippen molar-refractivity contribution < 1.29 is 21.6 Å². The Morgan fingerprint density at radius 3 is 2.23 bits per heavy atom. The highest BCUT2D eigenvalue weighted by atomic mass is 32.2. The van der Waals surface area contributed by atoms with E-state index < -0.39 is 26.0 Å². The number of carbonyl (C=O) groups excluding carboxylic acids is 1. The summed E-state index contributed by atoms with van der Waals surface area (Å²) in [7, 11) is -4.91. The summed E-state index contributed by atoms with van der Waals surface area (Å²) in [6.45, 7) is 4.51. The lowest BCUT2D eigenvalue weighted by Gasteiger charge is -2.31. The molecule has 11 heteroatoms. The van der Waals surface area contributed by atoms with Gasteiger partial charge >= 0.3 is 0 Å². The van der Waals surface area contributed by atoms with Crippen molar-refractivity contribution in [2.45, 2.75) is 24.7 Å². The maximum atomic E-state index is 12.8. The van der Waals surface area contributed by atoms with Gasteiger partial charge in [-0.25, -0.2) is 21.1 Å². The van der Waals surface area contributed by atoms with Crippen LogP contribution in [0.4, 0.5) is 5.69 Å².